The van der Waals surface area contributed by atoms with E-state index in [1.165, 1.54) is 4.31 Å². The molecule has 2 aliphatic heterocycles. The van der Waals surface area contributed by atoms with Crippen LogP contribution in [-0.4, -0.2) is 60.7 Å². The monoisotopic (exact) mass is 445 g/mol. The smallest absolute Gasteiger partial charge is 0.243 e. The number of sulfonamides is 1. The summed E-state index contributed by atoms with van der Waals surface area (Å²) < 4.78 is 32.9. The second kappa shape index (κ2) is 8.43. The Labute approximate surface area is 182 Å². The predicted octanol–water partition coefficient (Wildman–Crippen LogP) is 1.96. The van der Waals surface area contributed by atoms with Gasteiger partial charge >= 0.3 is 0 Å². The second-order valence-corrected chi connectivity index (χ2v) is 9.68. The zero-order valence-electron chi connectivity index (χ0n) is 18.0. The maximum Gasteiger partial charge on any atom is 0.243 e. The van der Waals surface area contributed by atoms with Crippen molar-refractivity contribution in [3.63, 3.8) is 0 Å². The fourth-order valence-electron chi connectivity index (χ4n) is 4.28. The molecule has 0 aliphatic carbocycles. The lowest BCUT2D eigenvalue weighted by atomic mass is 10.1. The van der Waals surface area contributed by atoms with Gasteiger partial charge in [0.1, 0.15) is 11.6 Å². The summed E-state index contributed by atoms with van der Waals surface area (Å²) in [5.74, 6) is 1.87. The van der Waals surface area contributed by atoms with E-state index in [0.29, 0.717) is 36.9 Å². The van der Waals surface area contributed by atoms with Crippen LogP contribution in [0, 0.1) is 0 Å². The molecule has 1 saturated heterocycles. The third-order valence-corrected chi connectivity index (χ3v) is 7.79. The highest BCUT2D eigenvalue weighted by Gasteiger charge is 2.34. The van der Waals surface area contributed by atoms with Crippen LogP contribution >= 0.6 is 0 Å². The van der Waals surface area contributed by atoms with Crippen molar-refractivity contribution < 1.29 is 17.9 Å². The molecule has 0 bridgehead atoms. The van der Waals surface area contributed by atoms with Crippen molar-refractivity contribution >= 4 is 21.7 Å². The number of aromatic nitrogens is 2. The highest BCUT2D eigenvalue weighted by molar-refractivity contribution is 7.89. The topological polar surface area (TPSA) is 105 Å². The van der Waals surface area contributed by atoms with E-state index in [4.69, 9.17) is 9.72 Å². The third kappa shape index (κ3) is 3.97. The number of nitrogens with zero attached hydrogens (tertiary/aromatic N) is 4. The number of hydrogen-bond donors (Lipinski definition) is 1. The van der Waals surface area contributed by atoms with Gasteiger partial charge < -0.3 is 15.0 Å². The minimum atomic E-state index is -3.66. The average molecular weight is 446 g/mol. The number of ether oxygens (including phenoxy) is 1. The summed E-state index contributed by atoms with van der Waals surface area (Å²) in [6.07, 6.45) is 2.24. The van der Waals surface area contributed by atoms with E-state index in [2.05, 4.69) is 10.3 Å². The number of likely N-dealkylation sites (tertiary alicyclic amines) is 1. The van der Waals surface area contributed by atoms with Gasteiger partial charge in [0, 0.05) is 45.6 Å². The number of nitrogens with one attached hydrogen (secondary N) is 1. The lowest BCUT2D eigenvalue weighted by Gasteiger charge is -2.30. The quantitative estimate of drug-likeness (QED) is 0.750. The van der Waals surface area contributed by atoms with Crippen molar-refractivity contribution in [2.45, 2.75) is 43.7 Å². The lowest BCUT2D eigenvalue weighted by Crippen LogP contribution is -2.37. The molecule has 0 spiro atoms. The molecule has 2 aromatic rings. The van der Waals surface area contributed by atoms with Gasteiger partial charge in [-0.25, -0.2) is 18.4 Å². The van der Waals surface area contributed by atoms with Crippen LogP contribution in [0.15, 0.2) is 29.2 Å². The molecule has 10 heteroatoms. The maximum atomic E-state index is 13.2. The molecule has 1 N–H and O–H groups in total. The number of fused-ring (bicyclic) bond motifs is 1. The first-order chi connectivity index (χ1) is 14.8. The lowest BCUT2D eigenvalue weighted by molar-refractivity contribution is -0.129. The van der Waals surface area contributed by atoms with Gasteiger partial charge in [0.2, 0.25) is 15.9 Å². The summed E-state index contributed by atoms with van der Waals surface area (Å²) in [5.41, 5.74) is 1.62. The van der Waals surface area contributed by atoms with Gasteiger partial charge in [0.25, 0.3) is 0 Å². The van der Waals surface area contributed by atoms with Crippen LogP contribution in [0.2, 0.25) is 0 Å². The molecule has 0 radical (unpaired) electrons. The molecule has 1 aromatic heterocycles. The first kappa shape index (κ1) is 21.5. The predicted molar refractivity (Wildman–Crippen MR) is 115 cm³/mol. The number of carbonyl (C=O) groups excluding carboxylic acids is 1. The van der Waals surface area contributed by atoms with Crippen LogP contribution in [0.3, 0.4) is 0 Å². The zero-order valence-corrected chi connectivity index (χ0v) is 18.8. The van der Waals surface area contributed by atoms with Crippen molar-refractivity contribution in [2.24, 2.45) is 0 Å². The van der Waals surface area contributed by atoms with E-state index >= 15 is 0 Å². The van der Waals surface area contributed by atoms with Crippen LogP contribution in [0.25, 0.3) is 0 Å². The Morgan fingerprint density at radius 2 is 1.94 bits per heavy atom. The molecule has 0 unspecified atom stereocenters. The van der Waals surface area contributed by atoms with Gasteiger partial charge in [-0.2, -0.15) is 4.31 Å². The fraction of sp³-hybridized carbons (Fsp3) is 0.476. The molecule has 1 fully saturated rings. The summed E-state index contributed by atoms with van der Waals surface area (Å²) in [4.78, 5) is 23.5. The Bertz CT molecular complexity index is 1070. The van der Waals surface area contributed by atoms with Crippen molar-refractivity contribution in [1.82, 2.24) is 19.2 Å². The molecule has 31 heavy (non-hydrogen) atoms. The highest BCUT2D eigenvalue weighted by atomic mass is 32.2. The highest BCUT2D eigenvalue weighted by Crippen LogP contribution is 2.34. The molecule has 166 valence electrons. The number of benzene rings is 1. The SMILES string of the molecule is CNc1nc([C@H]2CCCN2C(C)=O)nc2c1CN(S(=O)(=O)c1ccc(OC)cc1)CC2. The van der Waals surface area contributed by atoms with Crippen LogP contribution in [0.5, 0.6) is 5.75 Å². The zero-order chi connectivity index (χ0) is 22.2. The van der Waals surface area contributed by atoms with E-state index < -0.39 is 10.0 Å². The number of amides is 1. The minimum absolute atomic E-state index is 0.0200. The summed E-state index contributed by atoms with van der Waals surface area (Å²) in [6.45, 7) is 2.81. The van der Waals surface area contributed by atoms with Crippen molar-refractivity contribution in [3.05, 3.63) is 41.3 Å². The Morgan fingerprint density at radius 3 is 2.58 bits per heavy atom. The largest absolute Gasteiger partial charge is 0.497 e. The number of methoxy groups -OCH3 is 1. The molecule has 2 aliphatic rings. The standard InChI is InChI=1S/C21H27N5O4S/c1-14(27)26-11-4-5-19(26)21-23-18-10-12-25(13-17(18)20(22-2)24-21)31(28,29)16-8-6-15(30-3)7-9-16/h6-9,19H,4-5,10-13H2,1-3H3,(H,22,23,24)/t19-/m1/s1. The Morgan fingerprint density at radius 1 is 1.19 bits per heavy atom. The molecule has 0 saturated carbocycles. The van der Waals surface area contributed by atoms with Gasteiger partial charge in [-0.05, 0) is 37.1 Å². The number of rotatable bonds is 5. The number of anilines is 1. The first-order valence-corrected chi connectivity index (χ1v) is 11.8. The molecular weight excluding hydrogens is 418 g/mol. The van der Waals surface area contributed by atoms with E-state index in [0.717, 1.165) is 24.1 Å². The summed E-state index contributed by atoms with van der Waals surface area (Å²) in [7, 11) is -0.353. The van der Waals surface area contributed by atoms with Crippen LogP contribution in [0.1, 0.15) is 42.9 Å². The molecular formula is C21H27N5O4S. The fourth-order valence-corrected chi connectivity index (χ4v) is 5.69. The van der Waals surface area contributed by atoms with Gasteiger partial charge in [0.05, 0.1) is 23.7 Å². The Kier molecular flexibility index (Phi) is 5.85. The molecule has 3 heterocycles. The van der Waals surface area contributed by atoms with Gasteiger partial charge in [-0.15, -0.1) is 0 Å². The van der Waals surface area contributed by atoms with Crippen LogP contribution in [-0.2, 0) is 27.8 Å². The molecule has 9 nitrogen and oxygen atoms in total. The molecule has 1 aromatic carbocycles. The van der Waals surface area contributed by atoms with Gasteiger partial charge in [-0.3, -0.25) is 4.79 Å². The summed E-state index contributed by atoms with van der Waals surface area (Å²) >= 11 is 0. The first-order valence-electron chi connectivity index (χ1n) is 10.3. The minimum Gasteiger partial charge on any atom is -0.497 e. The Balaban J connectivity index is 1.64. The molecule has 1 amide bonds. The normalized spacial score (nSPS) is 19.2. The van der Waals surface area contributed by atoms with Crippen LogP contribution in [0.4, 0.5) is 5.82 Å². The number of carbonyl (C=O) groups is 1. The third-order valence-electron chi connectivity index (χ3n) is 5.93. The average Bonchev–Trinajstić information content (AvgIpc) is 3.28. The summed E-state index contributed by atoms with van der Waals surface area (Å²) in [6, 6.07) is 6.26. The summed E-state index contributed by atoms with van der Waals surface area (Å²) in [5, 5.41) is 3.10. The van der Waals surface area contributed by atoms with E-state index in [-0.39, 0.29) is 23.4 Å². The van der Waals surface area contributed by atoms with E-state index in [1.54, 1.807) is 45.3 Å². The van der Waals surface area contributed by atoms with Gasteiger partial charge in [0.15, 0.2) is 5.82 Å². The van der Waals surface area contributed by atoms with E-state index in [9.17, 15) is 13.2 Å². The number of hydrogen-bond acceptors (Lipinski definition) is 7. The second-order valence-electron chi connectivity index (χ2n) is 7.74. The van der Waals surface area contributed by atoms with Crippen molar-refractivity contribution in [3.8, 4) is 5.75 Å². The van der Waals surface area contributed by atoms with Crippen LogP contribution < -0.4 is 10.1 Å². The molecule has 1 atom stereocenters. The Hall–Kier alpha value is -2.72. The van der Waals surface area contributed by atoms with E-state index in [1.807, 2.05) is 4.90 Å². The van der Waals surface area contributed by atoms with Crippen molar-refractivity contribution in [1.29, 1.82) is 0 Å². The van der Waals surface area contributed by atoms with Gasteiger partial charge in [-0.1, -0.05) is 0 Å². The van der Waals surface area contributed by atoms with Crippen molar-refractivity contribution in [2.75, 3.05) is 32.6 Å². The molecule has 4 rings (SSSR count). The maximum absolute atomic E-state index is 13.2.